The summed E-state index contributed by atoms with van der Waals surface area (Å²) in [6.45, 7) is 4.06. The summed E-state index contributed by atoms with van der Waals surface area (Å²) in [4.78, 5) is 37.9. The first-order chi connectivity index (χ1) is 16.0. The number of esters is 1. The van der Waals surface area contributed by atoms with Crippen LogP contribution < -0.4 is 20.1 Å². The van der Waals surface area contributed by atoms with E-state index in [0.717, 1.165) is 0 Å². The van der Waals surface area contributed by atoms with Crippen molar-refractivity contribution in [2.24, 2.45) is 0 Å². The van der Waals surface area contributed by atoms with Gasteiger partial charge in [-0.15, -0.1) is 11.3 Å². The second-order valence-electron chi connectivity index (χ2n) is 6.63. The molecule has 0 saturated heterocycles. The summed E-state index contributed by atoms with van der Waals surface area (Å²) in [6, 6.07) is 15.0. The first-order valence-electron chi connectivity index (χ1n) is 10.3. The molecule has 0 aliphatic carbocycles. The van der Waals surface area contributed by atoms with Gasteiger partial charge in [-0.1, -0.05) is 18.2 Å². The lowest BCUT2D eigenvalue weighted by Gasteiger charge is -2.14. The molecule has 3 aromatic rings. The summed E-state index contributed by atoms with van der Waals surface area (Å²) in [5.74, 6) is -0.565. The van der Waals surface area contributed by atoms with Crippen molar-refractivity contribution in [1.29, 1.82) is 0 Å². The third-order valence-corrected chi connectivity index (χ3v) is 5.18. The normalized spacial score (nSPS) is 10.2. The van der Waals surface area contributed by atoms with Crippen molar-refractivity contribution in [3.8, 4) is 11.5 Å². The molecule has 0 atom stereocenters. The lowest BCUT2D eigenvalue weighted by Crippen LogP contribution is -2.22. The minimum atomic E-state index is -0.736. The highest BCUT2D eigenvalue weighted by atomic mass is 32.1. The van der Waals surface area contributed by atoms with E-state index in [4.69, 9.17) is 14.2 Å². The molecule has 1 aromatic heterocycles. The quantitative estimate of drug-likeness (QED) is 0.422. The van der Waals surface area contributed by atoms with Gasteiger partial charge in [-0.25, -0.2) is 4.79 Å². The Morgan fingerprint density at radius 2 is 1.67 bits per heavy atom. The molecule has 0 aliphatic rings. The number of hydrogen-bond acceptors (Lipinski definition) is 7. The summed E-state index contributed by atoms with van der Waals surface area (Å²) in [6.07, 6.45) is 0. The van der Waals surface area contributed by atoms with Gasteiger partial charge >= 0.3 is 5.97 Å². The maximum absolute atomic E-state index is 12.6. The fourth-order valence-electron chi connectivity index (χ4n) is 2.90. The van der Waals surface area contributed by atoms with Gasteiger partial charge in [0, 0.05) is 6.07 Å². The van der Waals surface area contributed by atoms with Crippen molar-refractivity contribution in [2.75, 3.05) is 30.5 Å². The lowest BCUT2D eigenvalue weighted by atomic mass is 10.1. The molecule has 0 radical (unpaired) electrons. The number of thiophene rings is 1. The lowest BCUT2D eigenvalue weighted by molar-refractivity contribution is -0.119. The number of hydrogen-bond donors (Lipinski definition) is 2. The van der Waals surface area contributed by atoms with Gasteiger partial charge in [0.05, 0.1) is 35.0 Å². The van der Waals surface area contributed by atoms with E-state index in [1.165, 1.54) is 17.4 Å². The Balaban J connectivity index is 1.64. The minimum absolute atomic E-state index is 0.142. The van der Waals surface area contributed by atoms with E-state index in [0.29, 0.717) is 41.0 Å². The third-order valence-electron chi connectivity index (χ3n) is 4.31. The number of anilines is 2. The Labute approximate surface area is 195 Å². The summed E-state index contributed by atoms with van der Waals surface area (Å²) in [5.41, 5.74) is 0.848. The number of amides is 2. The summed E-state index contributed by atoms with van der Waals surface area (Å²) >= 11 is 1.29. The van der Waals surface area contributed by atoms with Gasteiger partial charge in [0.25, 0.3) is 11.8 Å². The van der Waals surface area contributed by atoms with Gasteiger partial charge in [-0.2, -0.15) is 0 Å². The highest BCUT2D eigenvalue weighted by molar-refractivity contribution is 7.12. The van der Waals surface area contributed by atoms with Gasteiger partial charge in [0.15, 0.2) is 6.61 Å². The zero-order valence-electron chi connectivity index (χ0n) is 18.3. The summed E-state index contributed by atoms with van der Waals surface area (Å²) in [5, 5.41) is 7.16. The smallest absolute Gasteiger partial charge is 0.340 e. The first-order valence-corrected chi connectivity index (χ1v) is 11.2. The Hall–Kier alpha value is -3.85. The fourth-order valence-corrected chi connectivity index (χ4v) is 3.52. The molecular formula is C24H24N2O6S. The molecule has 1 heterocycles. The number of benzene rings is 2. The van der Waals surface area contributed by atoms with Crippen LogP contribution >= 0.6 is 11.3 Å². The monoisotopic (exact) mass is 468 g/mol. The van der Waals surface area contributed by atoms with Crippen LogP contribution in [0.5, 0.6) is 11.5 Å². The number of rotatable bonds is 10. The molecular weight excluding hydrogens is 444 g/mol. The molecule has 2 N–H and O–H groups in total. The molecule has 2 amide bonds. The highest BCUT2D eigenvalue weighted by Gasteiger charge is 2.18. The molecule has 2 aromatic carbocycles. The van der Waals surface area contributed by atoms with E-state index in [2.05, 4.69) is 10.6 Å². The molecule has 0 fully saturated rings. The number of carbonyl (C=O) groups is 3. The van der Waals surface area contributed by atoms with Crippen molar-refractivity contribution in [2.45, 2.75) is 13.8 Å². The van der Waals surface area contributed by atoms with E-state index in [1.54, 1.807) is 53.9 Å². The summed E-state index contributed by atoms with van der Waals surface area (Å²) < 4.78 is 16.2. The van der Waals surface area contributed by atoms with Gasteiger partial charge in [0.2, 0.25) is 0 Å². The molecule has 8 nitrogen and oxygen atoms in total. The van der Waals surface area contributed by atoms with Gasteiger partial charge < -0.3 is 24.8 Å². The Morgan fingerprint density at radius 3 is 2.39 bits per heavy atom. The van der Waals surface area contributed by atoms with Crippen molar-refractivity contribution in [3.63, 3.8) is 0 Å². The largest absolute Gasteiger partial charge is 0.494 e. The molecule has 33 heavy (non-hydrogen) atoms. The van der Waals surface area contributed by atoms with Crippen molar-refractivity contribution >= 4 is 40.5 Å². The van der Waals surface area contributed by atoms with E-state index in [1.807, 2.05) is 13.8 Å². The van der Waals surface area contributed by atoms with Crippen molar-refractivity contribution < 1.29 is 28.6 Å². The maximum Gasteiger partial charge on any atom is 0.340 e. The van der Waals surface area contributed by atoms with Crippen LogP contribution in [-0.4, -0.2) is 37.6 Å². The molecule has 0 unspecified atom stereocenters. The molecule has 0 bridgehead atoms. The van der Waals surface area contributed by atoms with Crippen LogP contribution in [-0.2, 0) is 9.53 Å². The molecule has 9 heteroatoms. The molecule has 172 valence electrons. The van der Waals surface area contributed by atoms with Crippen LogP contribution in [0.4, 0.5) is 11.4 Å². The highest BCUT2D eigenvalue weighted by Crippen LogP contribution is 2.29. The Bertz CT molecular complexity index is 1110. The van der Waals surface area contributed by atoms with E-state index in [9.17, 15) is 14.4 Å². The number of carbonyl (C=O) groups excluding carboxylic acids is 3. The molecule has 3 rings (SSSR count). The molecule has 0 saturated carbocycles. The second-order valence-corrected chi connectivity index (χ2v) is 7.57. The fraction of sp³-hybridized carbons (Fsp3) is 0.208. The maximum atomic E-state index is 12.6. The van der Waals surface area contributed by atoms with Crippen LogP contribution in [0.1, 0.15) is 33.9 Å². The SMILES string of the molecule is CCOc1ccc(OCC)c(NC(=O)COC(=O)c2ccccc2NC(=O)c2cccs2)c1. The zero-order valence-corrected chi connectivity index (χ0v) is 19.1. The van der Waals surface area contributed by atoms with Gasteiger partial charge in [0.1, 0.15) is 11.5 Å². The first kappa shape index (κ1) is 23.8. The Kier molecular flexibility index (Phi) is 8.43. The van der Waals surface area contributed by atoms with Crippen molar-refractivity contribution in [3.05, 3.63) is 70.4 Å². The van der Waals surface area contributed by atoms with Crippen molar-refractivity contribution in [1.82, 2.24) is 0 Å². The molecule has 0 aliphatic heterocycles. The average Bonchev–Trinajstić information content (AvgIpc) is 3.35. The number of para-hydroxylation sites is 1. The van der Waals surface area contributed by atoms with E-state index in [-0.39, 0.29) is 11.5 Å². The number of ether oxygens (including phenoxy) is 3. The molecule has 0 spiro atoms. The van der Waals surface area contributed by atoms with Crippen LogP contribution in [0.2, 0.25) is 0 Å². The second kappa shape index (κ2) is 11.7. The standard InChI is InChI=1S/C24H24N2O6S/c1-3-30-16-11-12-20(31-4-2)19(14-16)25-22(27)15-32-24(29)17-8-5-6-9-18(17)26-23(28)21-10-7-13-33-21/h5-14H,3-4,15H2,1-2H3,(H,25,27)(H,26,28). The third kappa shape index (κ3) is 6.56. The van der Waals surface area contributed by atoms with Crippen LogP contribution in [0.25, 0.3) is 0 Å². The van der Waals surface area contributed by atoms with Gasteiger partial charge in [-0.05, 0) is 49.6 Å². The van der Waals surface area contributed by atoms with Gasteiger partial charge in [-0.3, -0.25) is 9.59 Å². The van der Waals surface area contributed by atoms with E-state index >= 15 is 0 Å². The number of nitrogens with one attached hydrogen (secondary N) is 2. The van der Waals surface area contributed by atoms with E-state index < -0.39 is 18.5 Å². The zero-order chi connectivity index (χ0) is 23.6. The Morgan fingerprint density at radius 1 is 0.879 bits per heavy atom. The topological polar surface area (TPSA) is 103 Å². The minimum Gasteiger partial charge on any atom is -0.494 e. The summed E-state index contributed by atoms with van der Waals surface area (Å²) in [7, 11) is 0. The predicted octanol–water partition coefficient (Wildman–Crippen LogP) is 4.59. The average molecular weight is 469 g/mol. The van der Waals surface area contributed by atoms with Crippen LogP contribution in [0.15, 0.2) is 60.0 Å². The predicted molar refractivity (Wildman–Crippen MR) is 126 cm³/mol. The van der Waals surface area contributed by atoms with Crippen LogP contribution in [0.3, 0.4) is 0 Å². The van der Waals surface area contributed by atoms with Crippen LogP contribution in [0, 0.1) is 0 Å².